The fourth-order valence-electron chi connectivity index (χ4n) is 3.57. The number of benzene rings is 2. The number of amides is 1. The quantitative estimate of drug-likeness (QED) is 0.663. The van der Waals surface area contributed by atoms with Gasteiger partial charge in [0.05, 0.1) is 11.6 Å². The van der Waals surface area contributed by atoms with Gasteiger partial charge in [-0.2, -0.15) is 0 Å². The number of rotatable bonds is 3. The zero-order valence-corrected chi connectivity index (χ0v) is 14.7. The minimum Gasteiger partial charge on any atom is -0.445 e. The smallest absolute Gasteiger partial charge is 0.410 e. The molecule has 0 saturated carbocycles. The summed E-state index contributed by atoms with van der Waals surface area (Å²) < 4.78 is 5.57. The van der Waals surface area contributed by atoms with Gasteiger partial charge in [0, 0.05) is 18.1 Å². The van der Waals surface area contributed by atoms with Gasteiger partial charge in [-0.3, -0.25) is 4.98 Å². The Morgan fingerprint density at radius 2 is 1.88 bits per heavy atom. The molecule has 1 fully saturated rings. The third kappa shape index (κ3) is 3.54. The molecule has 1 aromatic heterocycles. The van der Waals surface area contributed by atoms with Gasteiger partial charge in [0.15, 0.2) is 0 Å². The largest absolute Gasteiger partial charge is 0.445 e. The number of carbonyl (C=O) groups is 1. The SMILES string of the molecule is O=C(OCc1ccccc1)N1CCCC[C@H]1c1cnc2ccccc2c1. The number of fused-ring (bicyclic) bond motifs is 1. The predicted molar refractivity (Wildman–Crippen MR) is 102 cm³/mol. The maximum absolute atomic E-state index is 12.7. The van der Waals surface area contributed by atoms with Gasteiger partial charge in [-0.1, -0.05) is 48.5 Å². The highest BCUT2D eigenvalue weighted by atomic mass is 16.6. The van der Waals surface area contributed by atoms with Gasteiger partial charge >= 0.3 is 6.09 Å². The van der Waals surface area contributed by atoms with Crippen molar-refractivity contribution >= 4 is 17.0 Å². The first kappa shape index (κ1) is 16.6. The number of pyridine rings is 1. The summed E-state index contributed by atoms with van der Waals surface area (Å²) in [5.41, 5.74) is 3.06. The molecule has 0 aliphatic carbocycles. The molecule has 0 radical (unpaired) electrons. The van der Waals surface area contributed by atoms with Crippen LogP contribution >= 0.6 is 0 Å². The van der Waals surface area contributed by atoms with E-state index in [1.54, 1.807) is 0 Å². The zero-order chi connectivity index (χ0) is 17.8. The van der Waals surface area contributed by atoms with Crippen LogP contribution in [0.5, 0.6) is 0 Å². The first-order valence-corrected chi connectivity index (χ1v) is 9.13. The van der Waals surface area contributed by atoms with Crippen LogP contribution in [0.2, 0.25) is 0 Å². The summed E-state index contributed by atoms with van der Waals surface area (Å²) in [6.45, 7) is 1.03. The van der Waals surface area contributed by atoms with Gasteiger partial charge < -0.3 is 9.64 Å². The molecule has 4 heteroatoms. The van der Waals surface area contributed by atoms with Gasteiger partial charge in [-0.15, -0.1) is 0 Å². The summed E-state index contributed by atoms with van der Waals surface area (Å²) in [4.78, 5) is 19.1. The standard InChI is InChI=1S/C22H22N2O2/c25-22(26-16-17-8-2-1-3-9-17)24-13-7-6-12-21(24)19-14-18-10-4-5-11-20(18)23-15-19/h1-5,8-11,14-15,21H,6-7,12-13,16H2/t21-/m0/s1. The Labute approximate surface area is 153 Å². The van der Waals surface area contributed by atoms with E-state index >= 15 is 0 Å². The van der Waals surface area contributed by atoms with E-state index in [1.807, 2.05) is 59.6 Å². The van der Waals surface area contributed by atoms with Crippen LogP contribution in [-0.4, -0.2) is 22.5 Å². The van der Waals surface area contributed by atoms with Crippen LogP contribution in [0, 0.1) is 0 Å². The maximum atomic E-state index is 12.7. The van der Waals surface area contributed by atoms with Gasteiger partial charge in [0.25, 0.3) is 0 Å². The van der Waals surface area contributed by atoms with Crippen LogP contribution in [0.3, 0.4) is 0 Å². The van der Waals surface area contributed by atoms with Gasteiger partial charge in [-0.25, -0.2) is 4.79 Å². The normalized spacial score (nSPS) is 17.2. The van der Waals surface area contributed by atoms with Crippen molar-refractivity contribution < 1.29 is 9.53 Å². The molecule has 0 N–H and O–H groups in total. The number of hydrogen-bond acceptors (Lipinski definition) is 3. The average molecular weight is 346 g/mol. The van der Waals surface area contributed by atoms with Crippen molar-refractivity contribution in [2.24, 2.45) is 0 Å². The second kappa shape index (κ2) is 7.56. The van der Waals surface area contributed by atoms with Crippen LogP contribution < -0.4 is 0 Å². The van der Waals surface area contributed by atoms with Crippen LogP contribution in [0.4, 0.5) is 4.79 Å². The zero-order valence-electron chi connectivity index (χ0n) is 14.7. The van der Waals surface area contributed by atoms with Crippen molar-refractivity contribution in [3.63, 3.8) is 0 Å². The molecule has 0 unspecified atom stereocenters. The Hall–Kier alpha value is -2.88. The fraction of sp³-hybridized carbons (Fsp3) is 0.273. The van der Waals surface area contributed by atoms with E-state index in [0.29, 0.717) is 6.61 Å². The number of likely N-dealkylation sites (tertiary alicyclic amines) is 1. The van der Waals surface area contributed by atoms with Crippen molar-refractivity contribution in [2.75, 3.05) is 6.54 Å². The Morgan fingerprint density at radius 1 is 1.08 bits per heavy atom. The van der Waals surface area contributed by atoms with Crippen molar-refractivity contribution in [1.82, 2.24) is 9.88 Å². The molecule has 1 aliphatic rings. The Bertz CT molecular complexity index is 895. The van der Waals surface area contributed by atoms with Crippen molar-refractivity contribution in [1.29, 1.82) is 0 Å². The minimum absolute atomic E-state index is 0.0316. The molecule has 2 aromatic carbocycles. The fourth-order valence-corrected chi connectivity index (χ4v) is 3.57. The average Bonchev–Trinajstić information content (AvgIpc) is 2.72. The van der Waals surface area contributed by atoms with Crippen LogP contribution in [-0.2, 0) is 11.3 Å². The van der Waals surface area contributed by atoms with Crippen molar-refractivity contribution in [2.45, 2.75) is 31.9 Å². The second-order valence-electron chi connectivity index (χ2n) is 6.71. The van der Waals surface area contributed by atoms with Crippen LogP contribution in [0.25, 0.3) is 10.9 Å². The summed E-state index contributed by atoms with van der Waals surface area (Å²) in [7, 11) is 0. The van der Waals surface area contributed by atoms with E-state index < -0.39 is 0 Å². The summed E-state index contributed by atoms with van der Waals surface area (Å²) in [5.74, 6) is 0. The molecule has 0 bridgehead atoms. The molecule has 1 saturated heterocycles. The van der Waals surface area contributed by atoms with Crippen LogP contribution in [0.1, 0.15) is 36.4 Å². The summed E-state index contributed by atoms with van der Waals surface area (Å²) in [5, 5.41) is 1.10. The number of nitrogens with zero attached hydrogens (tertiary/aromatic N) is 2. The minimum atomic E-state index is -0.244. The van der Waals surface area contributed by atoms with Gasteiger partial charge in [0.1, 0.15) is 6.61 Å². The lowest BCUT2D eigenvalue weighted by Gasteiger charge is -2.35. The molecule has 2 heterocycles. The van der Waals surface area contributed by atoms with Crippen molar-refractivity contribution in [3.05, 3.63) is 78.0 Å². The first-order valence-electron chi connectivity index (χ1n) is 9.13. The number of piperidine rings is 1. The Morgan fingerprint density at radius 3 is 2.77 bits per heavy atom. The molecule has 1 amide bonds. The Balaban J connectivity index is 1.52. The Kier molecular flexibility index (Phi) is 4.82. The van der Waals surface area contributed by atoms with E-state index in [2.05, 4.69) is 17.1 Å². The lowest BCUT2D eigenvalue weighted by atomic mass is 9.96. The van der Waals surface area contributed by atoms with E-state index in [0.717, 1.165) is 47.8 Å². The summed E-state index contributed by atoms with van der Waals surface area (Å²) >= 11 is 0. The number of aromatic nitrogens is 1. The maximum Gasteiger partial charge on any atom is 0.410 e. The van der Waals surface area contributed by atoms with Crippen molar-refractivity contribution in [3.8, 4) is 0 Å². The molecule has 26 heavy (non-hydrogen) atoms. The molecular formula is C22H22N2O2. The van der Waals surface area contributed by atoms with E-state index in [-0.39, 0.29) is 12.1 Å². The summed E-state index contributed by atoms with van der Waals surface area (Å²) in [6, 6.07) is 20.0. The number of hydrogen-bond donors (Lipinski definition) is 0. The monoisotopic (exact) mass is 346 g/mol. The molecule has 1 atom stereocenters. The predicted octanol–water partition coefficient (Wildman–Crippen LogP) is 5.10. The van der Waals surface area contributed by atoms with E-state index in [4.69, 9.17) is 4.74 Å². The van der Waals surface area contributed by atoms with Gasteiger partial charge in [0.2, 0.25) is 0 Å². The lowest BCUT2D eigenvalue weighted by molar-refractivity contribution is 0.0678. The lowest BCUT2D eigenvalue weighted by Crippen LogP contribution is -2.38. The molecule has 1 aliphatic heterocycles. The summed E-state index contributed by atoms with van der Waals surface area (Å²) in [6.07, 6.45) is 4.72. The topological polar surface area (TPSA) is 42.4 Å². The molecule has 4 rings (SSSR count). The first-order chi connectivity index (χ1) is 12.8. The molecule has 4 nitrogen and oxygen atoms in total. The molecule has 0 spiro atoms. The number of ether oxygens (including phenoxy) is 1. The third-order valence-electron chi connectivity index (χ3n) is 4.94. The van der Waals surface area contributed by atoms with E-state index in [9.17, 15) is 4.79 Å². The van der Waals surface area contributed by atoms with Gasteiger partial charge in [-0.05, 0) is 42.5 Å². The molecule has 132 valence electrons. The highest BCUT2D eigenvalue weighted by molar-refractivity contribution is 5.79. The number of carbonyl (C=O) groups excluding carboxylic acids is 1. The molecular weight excluding hydrogens is 324 g/mol. The third-order valence-corrected chi connectivity index (χ3v) is 4.94. The highest BCUT2D eigenvalue weighted by Crippen LogP contribution is 2.32. The molecule has 3 aromatic rings. The second-order valence-corrected chi connectivity index (χ2v) is 6.71. The number of para-hydroxylation sites is 1. The van der Waals surface area contributed by atoms with Crippen LogP contribution in [0.15, 0.2) is 66.9 Å². The highest BCUT2D eigenvalue weighted by Gasteiger charge is 2.29. The van der Waals surface area contributed by atoms with E-state index in [1.165, 1.54) is 0 Å².